The number of halogens is 1. The zero-order chi connectivity index (χ0) is 14.5. The molecule has 106 valence electrons. The number of hydrogen-bond donors (Lipinski definition) is 1. The van der Waals surface area contributed by atoms with Crippen molar-refractivity contribution in [2.24, 2.45) is 0 Å². The Kier molecular flexibility index (Phi) is 4.45. The molecule has 0 aromatic heterocycles. The molecule has 0 unspecified atom stereocenters. The largest absolute Gasteiger partial charge is 0.492 e. The van der Waals surface area contributed by atoms with Crippen LogP contribution in [0.5, 0.6) is 5.75 Å². The van der Waals surface area contributed by atoms with Crippen molar-refractivity contribution in [3.05, 3.63) is 53.8 Å². The molecular weight excluding hydrogens is 255 g/mol. The van der Waals surface area contributed by atoms with Crippen molar-refractivity contribution in [2.75, 3.05) is 24.3 Å². The van der Waals surface area contributed by atoms with Gasteiger partial charge in [-0.05, 0) is 25.1 Å². The van der Waals surface area contributed by atoms with E-state index in [9.17, 15) is 4.39 Å². The molecule has 2 aromatic carbocycles. The Morgan fingerprint density at radius 3 is 2.65 bits per heavy atom. The highest BCUT2D eigenvalue weighted by Crippen LogP contribution is 2.28. The highest BCUT2D eigenvalue weighted by Gasteiger charge is 2.08. The summed E-state index contributed by atoms with van der Waals surface area (Å²) in [6, 6.07) is 12.4. The van der Waals surface area contributed by atoms with Crippen molar-refractivity contribution in [1.82, 2.24) is 0 Å². The van der Waals surface area contributed by atoms with E-state index in [0.29, 0.717) is 30.2 Å². The number of ether oxygens (including phenoxy) is 1. The molecule has 0 atom stereocenters. The number of hydrogen-bond acceptors (Lipinski definition) is 3. The van der Waals surface area contributed by atoms with Crippen LogP contribution in [0.4, 0.5) is 15.8 Å². The molecule has 0 aliphatic carbocycles. The van der Waals surface area contributed by atoms with Crippen molar-refractivity contribution in [3.8, 4) is 5.75 Å². The summed E-state index contributed by atoms with van der Waals surface area (Å²) < 4.78 is 19.1. The van der Waals surface area contributed by atoms with Crippen LogP contribution >= 0.6 is 0 Å². The first-order chi connectivity index (χ1) is 9.61. The minimum absolute atomic E-state index is 0.195. The highest BCUT2D eigenvalue weighted by molar-refractivity contribution is 5.62. The number of nitrogen functional groups attached to an aromatic ring is 1. The van der Waals surface area contributed by atoms with Crippen molar-refractivity contribution in [3.63, 3.8) is 0 Å². The molecule has 20 heavy (non-hydrogen) atoms. The van der Waals surface area contributed by atoms with E-state index in [1.165, 1.54) is 6.07 Å². The van der Waals surface area contributed by atoms with E-state index >= 15 is 0 Å². The highest BCUT2D eigenvalue weighted by atomic mass is 19.1. The third-order valence-electron chi connectivity index (χ3n) is 3.10. The van der Waals surface area contributed by atoms with E-state index in [1.54, 1.807) is 18.2 Å². The monoisotopic (exact) mass is 274 g/mol. The molecule has 0 aliphatic rings. The number of nitrogens with two attached hydrogens (primary N) is 1. The van der Waals surface area contributed by atoms with Gasteiger partial charge in [-0.3, -0.25) is 0 Å². The molecule has 0 spiro atoms. The number of benzene rings is 2. The third-order valence-corrected chi connectivity index (χ3v) is 3.10. The second-order valence-corrected chi connectivity index (χ2v) is 4.60. The van der Waals surface area contributed by atoms with Crippen LogP contribution in [0.15, 0.2) is 42.5 Å². The molecule has 2 N–H and O–H groups in total. The third kappa shape index (κ3) is 3.20. The van der Waals surface area contributed by atoms with Gasteiger partial charge in [0.1, 0.15) is 11.6 Å². The fourth-order valence-electron chi connectivity index (χ4n) is 2.01. The van der Waals surface area contributed by atoms with E-state index in [2.05, 4.69) is 0 Å². The Hall–Kier alpha value is -2.23. The van der Waals surface area contributed by atoms with Gasteiger partial charge in [0.2, 0.25) is 0 Å². The second kappa shape index (κ2) is 6.28. The van der Waals surface area contributed by atoms with Gasteiger partial charge in [0.05, 0.1) is 12.3 Å². The Morgan fingerprint density at radius 1 is 1.20 bits per heavy atom. The maximum Gasteiger partial charge on any atom is 0.144 e. The molecule has 0 radical (unpaired) electrons. The lowest BCUT2D eigenvalue weighted by Crippen LogP contribution is -2.17. The fraction of sp³-hybridized carbons (Fsp3) is 0.250. The minimum Gasteiger partial charge on any atom is -0.492 e. The molecule has 2 rings (SSSR count). The molecule has 4 heteroatoms. The standard InChI is InChI=1S/C16H19FN2O/c1-3-20-16-10-13(8-9-15(16)18)19(2)11-12-6-4-5-7-14(12)17/h4-10H,3,11,18H2,1-2H3. The summed E-state index contributed by atoms with van der Waals surface area (Å²) in [5.41, 5.74) is 8.05. The smallest absolute Gasteiger partial charge is 0.144 e. The Balaban J connectivity index is 2.19. The fourth-order valence-corrected chi connectivity index (χ4v) is 2.01. The minimum atomic E-state index is -0.195. The van der Waals surface area contributed by atoms with E-state index in [0.717, 1.165) is 5.69 Å². The molecule has 0 amide bonds. The summed E-state index contributed by atoms with van der Waals surface area (Å²) in [5.74, 6) is 0.463. The predicted molar refractivity (Wildman–Crippen MR) is 80.5 cm³/mol. The van der Waals surface area contributed by atoms with Crippen LogP contribution in [0.3, 0.4) is 0 Å². The van der Waals surface area contributed by atoms with Gasteiger partial charge in [-0.15, -0.1) is 0 Å². The first-order valence-electron chi connectivity index (χ1n) is 6.58. The summed E-state index contributed by atoms with van der Waals surface area (Å²) >= 11 is 0. The van der Waals surface area contributed by atoms with Crippen LogP contribution < -0.4 is 15.4 Å². The van der Waals surface area contributed by atoms with Gasteiger partial charge in [-0.25, -0.2) is 4.39 Å². The summed E-state index contributed by atoms with van der Waals surface area (Å²) in [6.45, 7) is 2.96. The topological polar surface area (TPSA) is 38.5 Å². The van der Waals surface area contributed by atoms with E-state index < -0.39 is 0 Å². The summed E-state index contributed by atoms with van der Waals surface area (Å²) in [4.78, 5) is 1.96. The maximum absolute atomic E-state index is 13.7. The zero-order valence-electron chi connectivity index (χ0n) is 11.8. The first kappa shape index (κ1) is 14.2. The maximum atomic E-state index is 13.7. The molecule has 0 saturated heterocycles. The average Bonchev–Trinajstić information content (AvgIpc) is 2.44. The molecular formula is C16H19FN2O. The lowest BCUT2D eigenvalue weighted by atomic mass is 10.2. The van der Waals surface area contributed by atoms with Crippen LogP contribution in [-0.2, 0) is 6.54 Å². The van der Waals surface area contributed by atoms with E-state index in [-0.39, 0.29) is 5.82 Å². The van der Waals surface area contributed by atoms with Crippen LogP contribution in [0.2, 0.25) is 0 Å². The van der Waals surface area contributed by atoms with Crippen molar-refractivity contribution in [1.29, 1.82) is 0 Å². The summed E-state index contributed by atoms with van der Waals surface area (Å²) in [5, 5.41) is 0. The average molecular weight is 274 g/mol. The number of anilines is 2. The van der Waals surface area contributed by atoms with Crippen LogP contribution in [0.25, 0.3) is 0 Å². The zero-order valence-corrected chi connectivity index (χ0v) is 11.8. The summed E-state index contributed by atoms with van der Waals surface area (Å²) in [6.07, 6.45) is 0. The molecule has 0 bridgehead atoms. The van der Waals surface area contributed by atoms with Crippen LogP contribution in [-0.4, -0.2) is 13.7 Å². The number of rotatable bonds is 5. The van der Waals surface area contributed by atoms with Crippen molar-refractivity contribution < 1.29 is 9.13 Å². The van der Waals surface area contributed by atoms with Gasteiger partial charge in [-0.2, -0.15) is 0 Å². The Labute approximate surface area is 118 Å². The quantitative estimate of drug-likeness (QED) is 0.849. The Morgan fingerprint density at radius 2 is 1.95 bits per heavy atom. The first-order valence-corrected chi connectivity index (χ1v) is 6.58. The molecule has 2 aromatic rings. The number of nitrogens with zero attached hydrogens (tertiary/aromatic N) is 1. The van der Waals surface area contributed by atoms with Crippen molar-refractivity contribution in [2.45, 2.75) is 13.5 Å². The van der Waals surface area contributed by atoms with E-state index in [1.807, 2.05) is 37.1 Å². The molecule has 3 nitrogen and oxygen atoms in total. The van der Waals surface area contributed by atoms with Crippen molar-refractivity contribution >= 4 is 11.4 Å². The normalized spacial score (nSPS) is 10.3. The van der Waals surface area contributed by atoms with E-state index in [4.69, 9.17) is 10.5 Å². The van der Waals surface area contributed by atoms with Gasteiger partial charge in [0.25, 0.3) is 0 Å². The van der Waals surface area contributed by atoms with Crippen LogP contribution in [0, 0.1) is 5.82 Å². The Bertz CT molecular complexity index is 586. The molecule has 0 heterocycles. The lowest BCUT2D eigenvalue weighted by Gasteiger charge is -2.21. The second-order valence-electron chi connectivity index (χ2n) is 4.60. The van der Waals surface area contributed by atoms with Gasteiger partial charge in [0, 0.05) is 30.9 Å². The lowest BCUT2D eigenvalue weighted by molar-refractivity contribution is 0.342. The van der Waals surface area contributed by atoms with Gasteiger partial charge in [-0.1, -0.05) is 18.2 Å². The van der Waals surface area contributed by atoms with Gasteiger partial charge >= 0.3 is 0 Å². The molecule has 0 saturated carbocycles. The summed E-state index contributed by atoms with van der Waals surface area (Å²) in [7, 11) is 1.91. The van der Waals surface area contributed by atoms with Gasteiger partial charge < -0.3 is 15.4 Å². The van der Waals surface area contributed by atoms with Gasteiger partial charge in [0.15, 0.2) is 0 Å². The predicted octanol–water partition coefficient (Wildman–Crippen LogP) is 3.44. The van der Waals surface area contributed by atoms with Crippen LogP contribution in [0.1, 0.15) is 12.5 Å². The molecule has 0 aliphatic heterocycles. The molecule has 0 fully saturated rings. The SMILES string of the molecule is CCOc1cc(N(C)Cc2ccccc2F)ccc1N.